The second-order valence-corrected chi connectivity index (χ2v) is 15.0. The Morgan fingerprint density at radius 1 is 0.420 bits per heavy atom. The van der Waals surface area contributed by atoms with E-state index in [0.717, 1.165) is 44.9 Å². The molecule has 1 atom stereocenters. The summed E-state index contributed by atoms with van der Waals surface area (Å²) in [6.45, 7) is 7.78. The van der Waals surface area contributed by atoms with E-state index in [9.17, 15) is 9.59 Å². The third kappa shape index (κ3) is 39.4. The zero-order chi connectivity index (χ0) is 36.4. The first-order valence-electron chi connectivity index (χ1n) is 22.2. The molecule has 0 bridgehead atoms. The minimum absolute atomic E-state index is 0.0882. The van der Waals surface area contributed by atoms with Crippen LogP contribution in [0.5, 0.6) is 0 Å². The molecular formula is C45H86O5. The zero-order valence-electron chi connectivity index (χ0n) is 33.9. The summed E-state index contributed by atoms with van der Waals surface area (Å²) >= 11 is 0. The zero-order valence-corrected chi connectivity index (χ0v) is 33.9. The number of ether oxygens (including phenoxy) is 3. The van der Waals surface area contributed by atoms with Gasteiger partial charge in [-0.05, 0) is 38.5 Å². The van der Waals surface area contributed by atoms with Crippen molar-refractivity contribution >= 4 is 11.9 Å². The van der Waals surface area contributed by atoms with Gasteiger partial charge in [-0.1, -0.05) is 200 Å². The molecule has 0 saturated carbocycles. The van der Waals surface area contributed by atoms with Crippen LogP contribution in [-0.4, -0.2) is 37.9 Å². The first kappa shape index (κ1) is 48.6. The number of unbranched alkanes of at least 4 members (excludes halogenated alkanes) is 28. The lowest BCUT2D eigenvalue weighted by Gasteiger charge is -2.18. The van der Waals surface area contributed by atoms with Crippen molar-refractivity contribution in [3.05, 3.63) is 12.2 Å². The van der Waals surface area contributed by atoms with Crippen LogP contribution in [0.4, 0.5) is 0 Å². The van der Waals surface area contributed by atoms with Gasteiger partial charge in [0.15, 0.2) is 6.10 Å². The second kappa shape index (κ2) is 42.1. The lowest BCUT2D eigenvalue weighted by atomic mass is 10.0. The maximum absolute atomic E-state index is 12.6. The van der Waals surface area contributed by atoms with E-state index in [2.05, 4.69) is 32.9 Å². The van der Waals surface area contributed by atoms with Crippen molar-refractivity contribution in [3.8, 4) is 0 Å². The van der Waals surface area contributed by atoms with Crippen molar-refractivity contribution < 1.29 is 23.8 Å². The first-order valence-corrected chi connectivity index (χ1v) is 22.2. The molecule has 0 fully saturated rings. The van der Waals surface area contributed by atoms with Gasteiger partial charge >= 0.3 is 11.9 Å². The molecule has 0 amide bonds. The molecular weight excluding hydrogens is 620 g/mol. The summed E-state index contributed by atoms with van der Waals surface area (Å²) in [7, 11) is 0. The largest absolute Gasteiger partial charge is 0.462 e. The molecule has 5 heteroatoms. The molecule has 0 spiro atoms. The van der Waals surface area contributed by atoms with Crippen LogP contribution in [0.3, 0.4) is 0 Å². The van der Waals surface area contributed by atoms with Crippen LogP contribution in [0.1, 0.15) is 239 Å². The van der Waals surface area contributed by atoms with Crippen molar-refractivity contribution in [1.29, 1.82) is 0 Å². The Hall–Kier alpha value is -1.36. The summed E-state index contributed by atoms with van der Waals surface area (Å²) in [6, 6.07) is 0. The Morgan fingerprint density at radius 2 is 0.800 bits per heavy atom. The standard InChI is InChI=1S/C45H86O5/c1-4-7-10-13-16-18-20-21-22-23-24-26-28-31-34-37-40-48-41-43(50-45(47)39-36-33-29-15-12-9-6-3)42-49-44(46)38-35-32-30-27-25-19-17-14-11-8-5-2/h14,17,43H,4-13,15-16,18-42H2,1-3H3/b17-14-. The van der Waals surface area contributed by atoms with Gasteiger partial charge in [-0.15, -0.1) is 0 Å². The minimum Gasteiger partial charge on any atom is -0.462 e. The minimum atomic E-state index is -0.526. The normalized spacial score (nSPS) is 12.1. The second-order valence-electron chi connectivity index (χ2n) is 15.0. The van der Waals surface area contributed by atoms with E-state index in [0.29, 0.717) is 26.1 Å². The maximum atomic E-state index is 12.6. The van der Waals surface area contributed by atoms with Crippen molar-refractivity contribution in [2.24, 2.45) is 0 Å². The molecule has 0 aromatic rings. The highest BCUT2D eigenvalue weighted by Gasteiger charge is 2.17. The third-order valence-corrected chi connectivity index (χ3v) is 9.80. The number of allylic oxidation sites excluding steroid dienone is 2. The SMILES string of the molecule is CCCC/C=C\CCCCCCCC(=O)OCC(COCCCCCCCCCCCCCCCCCC)OC(=O)CCCCCCCCC. The molecule has 1 unspecified atom stereocenters. The van der Waals surface area contributed by atoms with E-state index in [1.165, 1.54) is 161 Å². The molecule has 0 aliphatic rings. The first-order chi connectivity index (χ1) is 24.6. The van der Waals surface area contributed by atoms with E-state index >= 15 is 0 Å². The fourth-order valence-electron chi connectivity index (χ4n) is 6.43. The van der Waals surface area contributed by atoms with Gasteiger partial charge in [0.2, 0.25) is 0 Å². The molecule has 0 aliphatic heterocycles. The highest BCUT2D eigenvalue weighted by Crippen LogP contribution is 2.15. The van der Waals surface area contributed by atoms with E-state index < -0.39 is 6.10 Å². The van der Waals surface area contributed by atoms with E-state index in [1.54, 1.807) is 0 Å². The summed E-state index contributed by atoms with van der Waals surface area (Å²) in [4.78, 5) is 25.0. The van der Waals surface area contributed by atoms with Gasteiger partial charge in [0.25, 0.3) is 0 Å². The Labute approximate surface area is 312 Å². The fraction of sp³-hybridized carbons (Fsp3) is 0.911. The summed E-state index contributed by atoms with van der Waals surface area (Å²) in [5.41, 5.74) is 0. The van der Waals surface area contributed by atoms with E-state index in [1.807, 2.05) is 0 Å². The summed E-state index contributed by atoms with van der Waals surface area (Å²) < 4.78 is 17.2. The van der Waals surface area contributed by atoms with Crippen LogP contribution in [0.2, 0.25) is 0 Å². The summed E-state index contributed by atoms with van der Waals surface area (Å²) in [6.07, 6.45) is 45.0. The summed E-state index contributed by atoms with van der Waals surface area (Å²) in [5.74, 6) is -0.402. The molecule has 0 saturated heterocycles. The van der Waals surface area contributed by atoms with E-state index in [4.69, 9.17) is 14.2 Å². The Balaban J connectivity index is 4.10. The smallest absolute Gasteiger partial charge is 0.306 e. The van der Waals surface area contributed by atoms with Gasteiger partial charge in [-0.2, -0.15) is 0 Å². The average molecular weight is 707 g/mol. The van der Waals surface area contributed by atoms with Crippen LogP contribution in [0.15, 0.2) is 12.2 Å². The average Bonchev–Trinajstić information content (AvgIpc) is 3.11. The maximum Gasteiger partial charge on any atom is 0.306 e. The van der Waals surface area contributed by atoms with Gasteiger partial charge in [-0.3, -0.25) is 9.59 Å². The lowest BCUT2D eigenvalue weighted by molar-refractivity contribution is -0.163. The highest BCUT2D eigenvalue weighted by atomic mass is 16.6. The number of rotatable bonds is 41. The topological polar surface area (TPSA) is 61.8 Å². The van der Waals surface area contributed by atoms with Gasteiger partial charge in [0, 0.05) is 19.4 Å². The molecule has 0 aliphatic carbocycles. The number of carbonyl (C=O) groups excluding carboxylic acids is 2. The van der Waals surface area contributed by atoms with Crippen LogP contribution < -0.4 is 0 Å². The molecule has 5 nitrogen and oxygen atoms in total. The Morgan fingerprint density at radius 3 is 1.28 bits per heavy atom. The number of hydrogen-bond donors (Lipinski definition) is 0. The monoisotopic (exact) mass is 707 g/mol. The predicted octanol–water partition coefficient (Wildman–Crippen LogP) is 14.3. The molecule has 296 valence electrons. The third-order valence-electron chi connectivity index (χ3n) is 9.80. The number of esters is 2. The highest BCUT2D eigenvalue weighted by molar-refractivity contribution is 5.70. The number of carbonyl (C=O) groups is 2. The Bertz CT molecular complexity index is 720. The molecule has 0 aromatic heterocycles. The van der Waals surface area contributed by atoms with Crippen molar-refractivity contribution in [3.63, 3.8) is 0 Å². The van der Waals surface area contributed by atoms with Crippen molar-refractivity contribution in [2.75, 3.05) is 19.8 Å². The van der Waals surface area contributed by atoms with Gasteiger partial charge in [-0.25, -0.2) is 0 Å². The molecule has 50 heavy (non-hydrogen) atoms. The van der Waals surface area contributed by atoms with Crippen molar-refractivity contribution in [1.82, 2.24) is 0 Å². The van der Waals surface area contributed by atoms with E-state index in [-0.39, 0.29) is 18.5 Å². The Kier molecular flexibility index (Phi) is 40.9. The number of hydrogen-bond acceptors (Lipinski definition) is 5. The molecule has 0 aromatic carbocycles. The quantitative estimate of drug-likeness (QED) is 0.0360. The molecule has 0 heterocycles. The predicted molar refractivity (Wildman–Crippen MR) is 215 cm³/mol. The van der Waals surface area contributed by atoms with Crippen LogP contribution in [0.25, 0.3) is 0 Å². The molecule has 0 N–H and O–H groups in total. The van der Waals surface area contributed by atoms with Gasteiger partial charge < -0.3 is 14.2 Å². The van der Waals surface area contributed by atoms with Gasteiger partial charge in [0.1, 0.15) is 6.61 Å². The molecule has 0 radical (unpaired) electrons. The lowest BCUT2D eigenvalue weighted by Crippen LogP contribution is -2.30. The summed E-state index contributed by atoms with van der Waals surface area (Å²) in [5, 5.41) is 0. The van der Waals surface area contributed by atoms with Crippen molar-refractivity contribution in [2.45, 2.75) is 245 Å². The van der Waals surface area contributed by atoms with Crippen LogP contribution in [-0.2, 0) is 23.8 Å². The molecule has 0 rings (SSSR count). The van der Waals surface area contributed by atoms with Gasteiger partial charge in [0.05, 0.1) is 6.61 Å². The fourth-order valence-corrected chi connectivity index (χ4v) is 6.43. The van der Waals surface area contributed by atoms with Crippen LogP contribution in [0, 0.1) is 0 Å². The van der Waals surface area contributed by atoms with Crippen LogP contribution >= 0.6 is 0 Å².